The largest absolute Gasteiger partial charge is 0.280 e. The van der Waals surface area contributed by atoms with Gasteiger partial charge in [-0.05, 0) is 55.3 Å². The topological polar surface area (TPSA) is 46.2 Å². The second kappa shape index (κ2) is 5.54. The van der Waals surface area contributed by atoms with Crippen molar-refractivity contribution in [3.8, 4) is 0 Å². The van der Waals surface area contributed by atoms with Crippen LogP contribution < -0.4 is 4.72 Å². The van der Waals surface area contributed by atoms with Crippen LogP contribution in [-0.4, -0.2) is 8.42 Å². The number of aryl methyl sites for hydroxylation is 2. The van der Waals surface area contributed by atoms with Crippen LogP contribution in [0.4, 0.5) is 10.1 Å². The van der Waals surface area contributed by atoms with E-state index in [9.17, 15) is 12.8 Å². The first kappa shape index (κ1) is 15.0. The van der Waals surface area contributed by atoms with E-state index in [1.807, 2.05) is 6.92 Å². The molecule has 0 aliphatic carbocycles. The summed E-state index contributed by atoms with van der Waals surface area (Å²) in [5.74, 6) is -0.429. The lowest BCUT2D eigenvalue weighted by molar-refractivity contribution is 0.598. The van der Waals surface area contributed by atoms with E-state index in [0.29, 0.717) is 5.69 Å². The fourth-order valence-corrected chi connectivity index (χ4v) is 3.17. The molecule has 1 N–H and O–H groups in total. The standard InChI is InChI=1S/C14H13BrFNO2S/c1-9-3-4-11(8-13(9)15)17-20(18,19)12-5-6-14(16)10(2)7-12/h3-8,17H,1-2H3. The Morgan fingerprint density at radius 2 is 1.75 bits per heavy atom. The van der Waals surface area contributed by atoms with Crippen molar-refractivity contribution in [3.63, 3.8) is 0 Å². The summed E-state index contributed by atoms with van der Waals surface area (Å²) in [5.41, 5.74) is 1.74. The van der Waals surface area contributed by atoms with Gasteiger partial charge in [0.15, 0.2) is 0 Å². The summed E-state index contributed by atoms with van der Waals surface area (Å²) in [6.07, 6.45) is 0. The highest BCUT2D eigenvalue weighted by molar-refractivity contribution is 9.10. The Morgan fingerprint density at radius 1 is 1.05 bits per heavy atom. The second-order valence-electron chi connectivity index (χ2n) is 4.48. The fraction of sp³-hybridized carbons (Fsp3) is 0.143. The van der Waals surface area contributed by atoms with Crippen LogP contribution in [0.2, 0.25) is 0 Å². The number of hydrogen-bond acceptors (Lipinski definition) is 2. The van der Waals surface area contributed by atoms with Crippen molar-refractivity contribution in [1.82, 2.24) is 0 Å². The minimum atomic E-state index is -3.72. The van der Waals surface area contributed by atoms with Crippen LogP contribution >= 0.6 is 15.9 Å². The third-order valence-electron chi connectivity index (χ3n) is 2.86. The van der Waals surface area contributed by atoms with Gasteiger partial charge in [-0.3, -0.25) is 4.72 Å². The van der Waals surface area contributed by atoms with Crippen molar-refractivity contribution in [3.05, 3.63) is 57.8 Å². The molecule has 0 radical (unpaired) electrons. The summed E-state index contributed by atoms with van der Waals surface area (Å²) in [7, 11) is -3.72. The van der Waals surface area contributed by atoms with E-state index in [0.717, 1.165) is 16.1 Å². The number of benzene rings is 2. The molecule has 0 aromatic heterocycles. The van der Waals surface area contributed by atoms with Crippen molar-refractivity contribution in [2.24, 2.45) is 0 Å². The highest BCUT2D eigenvalue weighted by Gasteiger charge is 2.15. The third-order valence-corrected chi connectivity index (χ3v) is 5.10. The average molecular weight is 358 g/mol. The van der Waals surface area contributed by atoms with E-state index >= 15 is 0 Å². The molecule has 0 heterocycles. The zero-order valence-electron chi connectivity index (χ0n) is 10.9. The van der Waals surface area contributed by atoms with E-state index in [-0.39, 0.29) is 10.5 Å². The Morgan fingerprint density at radius 3 is 2.35 bits per heavy atom. The molecule has 0 spiro atoms. The molecule has 0 atom stereocenters. The Kier molecular flexibility index (Phi) is 4.15. The minimum absolute atomic E-state index is 0.0353. The van der Waals surface area contributed by atoms with Crippen LogP contribution in [-0.2, 0) is 10.0 Å². The summed E-state index contributed by atoms with van der Waals surface area (Å²) in [5, 5.41) is 0. The molecule has 0 bridgehead atoms. The van der Waals surface area contributed by atoms with Crippen LogP contribution in [0.3, 0.4) is 0 Å². The van der Waals surface area contributed by atoms with Crippen molar-refractivity contribution in [2.75, 3.05) is 4.72 Å². The maximum atomic E-state index is 13.2. The van der Waals surface area contributed by atoms with Gasteiger partial charge in [-0.2, -0.15) is 0 Å². The molecule has 2 aromatic carbocycles. The predicted octanol–water partition coefficient (Wildman–Crippen LogP) is 4.01. The second-order valence-corrected chi connectivity index (χ2v) is 7.02. The van der Waals surface area contributed by atoms with Gasteiger partial charge >= 0.3 is 0 Å². The third kappa shape index (κ3) is 3.19. The summed E-state index contributed by atoms with van der Waals surface area (Å²) in [4.78, 5) is 0.0353. The first-order valence-corrected chi connectivity index (χ1v) is 8.12. The number of rotatable bonds is 3. The summed E-state index contributed by atoms with van der Waals surface area (Å²) >= 11 is 3.35. The smallest absolute Gasteiger partial charge is 0.261 e. The van der Waals surface area contributed by atoms with Gasteiger partial charge in [-0.15, -0.1) is 0 Å². The van der Waals surface area contributed by atoms with E-state index in [1.165, 1.54) is 19.1 Å². The van der Waals surface area contributed by atoms with Crippen LogP contribution in [0.5, 0.6) is 0 Å². The van der Waals surface area contributed by atoms with Crippen molar-refractivity contribution in [1.29, 1.82) is 0 Å². The van der Waals surface area contributed by atoms with Gasteiger partial charge < -0.3 is 0 Å². The maximum absolute atomic E-state index is 13.2. The molecule has 0 aliphatic heterocycles. The molecule has 0 amide bonds. The van der Waals surface area contributed by atoms with Crippen LogP contribution in [0, 0.1) is 19.7 Å². The number of hydrogen-bond donors (Lipinski definition) is 1. The lowest BCUT2D eigenvalue weighted by Gasteiger charge is -2.10. The fourth-order valence-electron chi connectivity index (χ4n) is 1.65. The van der Waals surface area contributed by atoms with Crippen LogP contribution in [0.1, 0.15) is 11.1 Å². The molecule has 106 valence electrons. The maximum Gasteiger partial charge on any atom is 0.261 e. The molecule has 3 nitrogen and oxygen atoms in total. The van der Waals surface area contributed by atoms with E-state index in [1.54, 1.807) is 18.2 Å². The molecule has 0 fully saturated rings. The Bertz CT molecular complexity index is 760. The number of halogens is 2. The Balaban J connectivity index is 2.35. The SMILES string of the molecule is Cc1cc(S(=O)(=O)Nc2ccc(C)c(Br)c2)ccc1F. The number of sulfonamides is 1. The zero-order valence-corrected chi connectivity index (χ0v) is 13.3. The van der Waals surface area contributed by atoms with Gasteiger partial charge in [0.05, 0.1) is 4.90 Å². The Hall–Kier alpha value is -1.40. The van der Waals surface area contributed by atoms with Gasteiger partial charge in [-0.25, -0.2) is 12.8 Å². The quantitative estimate of drug-likeness (QED) is 0.901. The highest BCUT2D eigenvalue weighted by Crippen LogP contribution is 2.23. The monoisotopic (exact) mass is 357 g/mol. The molecule has 0 unspecified atom stereocenters. The molecule has 2 aromatic rings. The molecule has 20 heavy (non-hydrogen) atoms. The van der Waals surface area contributed by atoms with Crippen molar-refractivity contribution in [2.45, 2.75) is 18.7 Å². The van der Waals surface area contributed by atoms with Crippen molar-refractivity contribution < 1.29 is 12.8 Å². The normalized spacial score (nSPS) is 11.4. The van der Waals surface area contributed by atoms with Crippen molar-refractivity contribution >= 4 is 31.6 Å². The lowest BCUT2D eigenvalue weighted by atomic mass is 10.2. The zero-order chi connectivity index (χ0) is 14.9. The highest BCUT2D eigenvalue weighted by atomic mass is 79.9. The molecule has 2 rings (SSSR count). The van der Waals surface area contributed by atoms with E-state index in [2.05, 4.69) is 20.7 Å². The molecular formula is C14H13BrFNO2S. The van der Waals surface area contributed by atoms with Gasteiger partial charge in [0, 0.05) is 10.2 Å². The molecule has 6 heteroatoms. The van der Waals surface area contributed by atoms with Gasteiger partial charge in [-0.1, -0.05) is 22.0 Å². The first-order valence-electron chi connectivity index (χ1n) is 5.85. The van der Waals surface area contributed by atoms with E-state index in [4.69, 9.17) is 0 Å². The Labute approximate surface area is 126 Å². The van der Waals surface area contributed by atoms with E-state index < -0.39 is 15.8 Å². The summed E-state index contributed by atoms with van der Waals surface area (Å²) in [6, 6.07) is 8.86. The number of anilines is 1. The minimum Gasteiger partial charge on any atom is -0.280 e. The predicted molar refractivity (Wildman–Crippen MR) is 80.8 cm³/mol. The molecule has 0 saturated carbocycles. The lowest BCUT2D eigenvalue weighted by Crippen LogP contribution is -2.13. The average Bonchev–Trinajstić information content (AvgIpc) is 2.37. The van der Waals surface area contributed by atoms with Crippen LogP contribution in [0.15, 0.2) is 45.8 Å². The molecular weight excluding hydrogens is 345 g/mol. The summed E-state index contributed by atoms with van der Waals surface area (Å²) in [6.45, 7) is 3.43. The molecule has 0 saturated heterocycles. The molecule has 0 aliphatic rings. The van der Waals surface area contributed by atoms with Gasteiger partial charge in [0.2, 0.25) is 0 Å². The van der Waals surface area contributed by atoms with Gasteiger partial charge in [0.25, 0.3) is 10.0 Å². The van der Waals surface area contributed by atoms with Crippen LogP contribution in [0.25, 0.3) is 0 Å². The number of nitrogens with one attached hydrogen (secondary N) is 1. The first-order chi connectivity index (χ1) is 9.29. The van der Waals surface area contributed by atoms with Gasteiger partial charge in [0.1, 0.15) is 5.82 Å². The summed E-state index contributed by atoms with van der Waals surface area (Å²) < 4.78 is 40.9.